The molecule has 0 aliphatic rings. The molecular formula is C12H14N2OS. The lowest BCUT2D eigenvalue weighted by Crippen LogP contribution is -2.11. The molecule has 0 aliphatic heterocycles. The van der Waals surface area contributed by atoms with Crippen LogP contribution in [0.1, 0.15) is 20.8 Å². The molecule has 0 aliphatic carbocycles. The average molecular weight is 234 g/mol. The number of benzene rings is 1. The van der Waals surface area contributed by atoms with E-state index in [1.165, 1.54) is 0 Å². The Bertz CT molecular complexity index is 587. The molecule has 3 nitrogen and oxygen atoms in total. The third-order valence-electron chi connectivity index (χ3n) is 2.08. The number of aliphatic imine (C=N–C) groups is 1. The highest BCUT2D eigenvalue weighted by molar-refractivity contribution is 7.71. The number of rotatable bonds is 1. The van der Waals surface area contributed by atoms with Crippen LogP contribution in [0.3, 0.4) is 0 Å². The fourth-order valence-corrected chi connectivity index (χ4v) is 1.56. The fraction of sp³-hybridized carbons (Fsp3) is 0.333. The van der Waals surface area contributed by atoms with Gasteiger partial charge in [0, 0.05) is 0 Å². The zero-order valence-electron chi connectivity index (χ0n) is 9.60. The SMILES string of the molecule is CC(C)(C)N=Cn1c(=S)oc2ccccc21. The summed E-state index contributed by atoms with van der Waals surface area (Å²) >= 11 is 5.15. The Morgan fingerprint density at radius 3 is 2.69 bits per heavy atom. The van der Waals surface area contributed by atoms with Crippen molar-refractivity contribution in [3.63, 3.8) is 0 Å². The monoisotopic (exact) mass is 234 g/mol. The van der Waals surface area contributed by atoms with Gasteiger partial charge in [-0.15, -0.1) is 0 Å². The summed E-state index contributed by atoms with van der Waals surface area (Å²) in [6, 6.07) is 7.73. The summed E-state index contributed by atoms with van der Waals surface area (Å²) in [5.41, 5.74) is 1.61. The Morgan fingerprint density at radius 1 is 1.31 bits per heavy atom. The summed E-state index contributed by atoms with van der Waals surface area (Å²) in [6.07, 6.45) is 1.73. The normalized spacial score (nSPS) is 12.7. The number of fused-ring (bicyclic) bond motifs is 1. The van der Waals surface area contributed by atoms with Gasteiger partial charge in [0.15, 0.2) is 5.58 Å². The molecule has 0 saturated carbocycles. The van der Waals surface area contributed by atoms with Gasteiger partial charge in [0.1, 0.15) is 0 Å². The average Bonchev–Trinajstić information content (AvgIpc) is 2.49. The van der Waals surface area contributed by atoms with E-state index >= 15 is 0 Å². The largest absolute Gasteiger partial charge is 0.429 e. The van der Waals surface area contributed by atoms with E-state index in [0.717, 1.165) is 11.1 Å². The number of aromatic nitrogens is 1. The molecule has 0 saturated heterocycles. The predicted molar refractivity (Wildman–Crippen MR) is 68.7 cm³/mol. The van der Waals surface area contributed by atoms with Crippen LogP contribution >= 0.6 is 12.2 Å². The van der Waals surface area contributed by atoms with Crippen molar-refractivity contribution in [2.24, 2.45) is 4.99 Å². The molecule has 0 unspecified atom stereocenters. The first-order chi connectivity index (χ1) is 7.47. The van der Waals surface area contributed by atoms with Crippen molar-refractivity contribution in [2.75, 3.05) is 0 Å². The number of hydrogen-bond acceptors (Lipinski definition) is 3. The molecule has 0 amide bonds. The van der Waals surface area contributed by atoms with Crippen LogP contribution in [-0.2, 0) is 0 Å². The molecule has 84 valence electrons. The number of para-hydroxylation sites is 2. The molecular weight excluding hydrogens is 220 g/mol. The van der Waals surface area contributed by atoms with E-state index < -0.39 is 0 Å². The molecule has 16 heavy (non-hydrogen) atoms. The zero-order valence-corrected chi connectivity index (χ0v) is 10.4. The van der Waals surface area contributed by atoms with E-state index in [-0.39, 0.29) is 5.54 Å². The van der Waals surface area contributed by atoms with Crippen LogP contribution in [0, 0.1) is 4.84 Å². The molecule has 1 aromatic heterocycles. The number of hydrogen-bond donors (Lipinski definition) is 0. The van der Waals surface area contributed by atoms with Crippen LogP contribution in [0.5, 0.6) is 0 Å². The van der Waals surface area contributed by atoms with Crippen molar-refractivity contribution in [1.29, 1.82) is 0 Å². The summed E-state index contributed by atoms with van der Waals surface area (Å²) < 4.78 is 7.24. The van der Waals surface area contributed by atoms with Crippen LogP contribution in [0.15, 0.2) is 33.7 Å². The highest BCUT2D eigenvalue weighted by Gasteiger charge is 2.07. The standard InChI is InChI=1S/C12H14N2OS/c1-12(2,3)13-8-14-9-6-4-5-7-10(9)15-11(14)16/h4-8H,1-3H3. The molecule has 4 heteroatoms. The Kier molecular flexibility index (Phi) is 2.68. The van der Waals surface area contributed by atoms with Crippen LogP contribution in [-0.4, -0.2) is 16.4 Å². The van der Waals surface area contributed by atoms with Crippen molar-refractivity contribution in [3.05, 3.63) is 29.1 Å². The lowest BCUT2D eigenvalue weighted by atomic mass is 10.1. The Morgan fingerprint density at radius 2 is 2.00 bits per heavy atom. The van der Waals surface area contributed by atoms with Gasteiger partial charge in [0.05, 0.1) is 17.4 Å². The smallest absolute Gasteiger partial charge is 0.275 e. The van der Waals surface area contributed by atoms with Gasteiger partial charge in [0.25, 0.3) is 4.84 Å². The molecule has 1 aromatic carbocycles. The van der Waals surface area contributed by atoms with Gasteiger partial charge < -0.3 is 4.42 Å². The Labute approximate surface area is 99.4 Å². The lowest BCUT2D eigenvalue weighted by Gasteiger charge is -2.10. The molecule has 0 fully saturated rings. The molecule has 2 rings (SSSR count). The van der Waals surface area contributed by atoms with E-state index in [0.29, 0.717) is 4.84 Å². The van der Waals surface area contributed by atoms with Crippen LogP contribution in [0.4, 0.5) is 0 Å². The van der Waals surface area contributed by atoms with Gasteiger partial charge in [-0.1, -0.05) is 12.1 Å². The summed E-state index contributed by atoms with van der Waals surface area (Å²) in [5.74, 6) is 0. The molecule has 2 aromatic rings. The molecule has 1 heterocycles. The molecule has 0 N–H and O–H groups in total. The van der Waals surface area contributed by atoms with E-state index in [1.54, 1.807) is 10.9 Å². The van der Waals surface area contributed by atoms with Gasteiger partial charge in [-0.3, -0.25) is 9.56 Å². The van der Waals surface area contributed by atoms with Crippen LogP contribution in [0.25, 0.3) is 11.1 Å². The minimum Gasteiger partial charge on any atom is -0.429 e. The van der Waals surface area contributed by atoms with Gasteiger partial charge >= 0.3 is 0 Å². The van der Waals surface area contributed by atoms with Gasteiger partial charge in [0.2, 0.25) is 0 Å². The van der Waals surface area contributed by atoms with Crippen molar-refractivity contribution < 1.29 is 4.42 Å². The van der Waals surface area contributed by atoms with E-state index in [2.05, 4.69) is 4.99 Å². The number of nitrogens with zero attached hydrogens (tertiary/aromatic N) is 2. The summed E-state index contributed by atoms with van der Waals surface area (Å²) in [5, 5.41) is 0. The maximum absolute atomic E-state index is 5.45. The van der Waals surface area contributed by atoms with E-state index in [1.807, 2.05) is 45.0 Å². The van der Waals surface area contributed by atoms with Crippen molar-refractivity contribution in [1.82, 2.24) is 4.57 Å². The zero-order chi connectivity index (χ0) is 11.8. The van der Waals surface area contributed by atoms with Gasteiger partial charge in [-0.05, 0) is 45.1 Å². The second-order valence-corrected chi connectivity index (χ2v) is 4.97. The first-order valence-electron chi connectivity index (χ1n) is 5.13. The topological polar surface area (TPSA) is 30.4 Å². The van der Waals surface area contributed by atoms with Crippen LogP contribution in [0.2, 0.25) is 0 Å². The van der Waals surface area contributed by atoms with Gasteiger partial charge in [-0.25, -0.2) is 0 Å². The Hall–Kier alpha value is -1.42. The van der Waals surface area contributed by atoms with E-state index in [4.69, 9.17) is 16.6 Å². The molecule has 0 atom stereocenters. The first-order valence-corrected chi connectivity index (χ1v) is 5.54. The maximum atomic E-state index is 5.45. The molecule has 0 bridgehead atoms. The summed E-state index contributed by atoms with van der Waals surface area (Å²) in [6.45, 7) is 6.11. The fourth-order valence-electron chi connectivity index (χ4n) is 1.32. The minimum atomic E-state index is -0.118. The molecule has 0 radical (unpaired) electrons. The highest BCUT2D eigenvalue weighted by Crippen LogP contribution is 2.16. The number of oxazole rings is 1. The van der Waals surface area contributed by atoms with Crippen LogP contribution < -0.4 is 0 Å². The second-order valence-electron chi connectivity index (χ2n) is 4.62. The molecule has 0 spiro atoms. The van der Waals surface area contributed by atoms with Gasteiger partial charge in [-0.2, -0.15) is 0 Å². The predicted octanol–water partition coefficient (Wildman–Crippen LogP) is 3.64. The summed E-state index contributed by atoms with van der Waals surface area (Å²) in [7, 11) is 0. The maximum Gasteiger partial charge on any atom is 0.275 e. The highest BCUT2D eigenvalue weighted by atomic mass is 32.1. The van der Waals surface area contributed by atoms with Crippen molar-refractivity contribution in [2.45, 2.75) is 26.3 Å². The minimum absolute atomic E-state index is 0.118. The summed E-state index contributed by atoms with van der Waals surface area (Å²) in [4.78, 5) is 4.85. The quantitative estimate of drug-likeness (QED) is 0.428. The Balaban J connectivity index is 2.56. The third-order valence-corrected chi connectivity index (χ3v) is 2.36. The van der Waals surface area contributed by atoms with E-state index in [9.17, 15) is 0 Å². The third kappa shape index (κ3) is 2.22. The van der Waals surface area contributed by atoms with Crippen molar-refractivity contribution >= 4 is 29.7 Å². The van der Waals surface area contributed by atoms with Crippen molar-refractivity contribution in [3.8, 4) is 0 Å². The lowest BCUT2D eigenvalue weighted by molar-refractivity contribution is 0.567. The second kappa shape index (κ2) is 3.87. The first kappa shape index (κ1) is 11.1.